The van der Waals surface area contributed by atoms with Gasteiger partial charge in [0, 0.05) is 24.7 Å². The zero-order valence-electron chi connectivity index (χ0n) is 16.9. The highest BCUT2D eigenvalue weighted by molar-refractivity contribution is 5.80. The molecule has 2 amide bonds. The van der Waals surface area contributed by atoms with Gasteiger partial charge in [-0.3, -0.25) is 9.59 Å². The van der Waals surface area contributed by atoms with Crippen LogP contribution in [0, 0.1) is 28.6 Å². The number of nitriles is 2. The topological polar surface area (TPSA) is 112 Å². The summed E-state index contributed by atoms with van der Waals surface area (Å²) < 4.78 is 0. The maximum absolute atomic E-state index is 12.5. The van der Waals surface area contributed by atoms with E-state index in [1.54, 1.807) is 9.80 Å². The Morgan fingerprint density at radius 2 is 1.52 bits per heavy atom. The molecule has 0 spiro atoms. The summed E-state index contributed by atoms with van der Waals surface area (Å²) in [6.07, 6.45) is 7.49. The smallest absolute Gasteiger partial charge is 0.237 e. The van der Waals surface area contributed by atoms with Crippen molar-refractivity contribution in [3.05, 3.63) is 0 Å². The van der Waals surface area contributed by atoms with Crippen LogP contribution in [0.15, 0.2) is 0 Å². The number of nitrogens with one attached hydrogen (secondary N) is 2. The molecule has 5 rings (SSSR count). The summed E-state index contributed by atoms with van der Waals surface area (Å²) in [5, 5.41) is 25.3. The van der Waals surface area contributed by atoms with E-state index in [4.69, 9.17) is 0 Å². The Balaban J connectivity index is 1.24. The van der Waals surface area contributed by atoms with E-state index in [2.05, 4.69) is 22.8 Å². The molecule has 3 aliphatic carbocycles. The number of nitrogens with zero attached hydrogens (tertiary/aromatic N) is 4. The quantitative estimate of drug-likeness (QED) is 0.674. The van der Waals surface area contributed by atoms with E-state index in [9.17, 15) is 20.1 Å². The van der Waals surface area contributed by atoms with Crippen LogP contribution in [-0.4, -0.2) is 71.5 Å². The van der Waals surface area contributed by atoms with Crippen LogP contribution >= 0.6 is 0 Å². The van der Waals surface area contributed by atoms with Crippen molar-refractivity contribution < 1.29 is 9.59 Å². The average molecular weight is 399 g/mol. The van der Waals surface area contributed by atoms with E-state index in [1.807, 2.05) is 0 Å². The molecule has 5 aliphatic rings. The summed E-state index contributed by atoms with van der Waals surface area (Å²) in [4.78, 5) is 28.4. The second-order valence-corrected chi connectivity index (χ2v) is 9.17. The fourth-order valence-electron chi connectivity index (χ4n) is 5.80. The second kappa shape index (κ2) is 8.30. The summed E-state index contributed by atoms with van der Waals surface area (Å²) in [6.45, 7) is 1.93. The zero-order chi connectivity index (χ0) is 20.4. The van der Waals surface area contributed by atoms with Crippen LogP contribution in [0.5, 0.6) is 0 Å². The lowest BCUT2D eigenvalue weighted by molar-refractivity contribution is -0.131. The van der Waals surface area contributed by atoms with Gasteiger partial charge in [-0.25, -0.2) is 0 Å². The highest BCUT2D eigenvalue weighted by atomic mass is 16.2. The molecule has 29 heavy (non-hydrogen) atoms. The molecule has 3 atom stereocenters. The van der Waals surface area contributed by atoms with Crippen LogP contribution in [0.1, 0.15) is 51.4 Å². The minimum Gasteiger partial charge on any atom is -0.326 e. The fourth-order valence-corrected chi connectivity index (χ4v) is 5.80. The van der Waals surface area contributed by atoms with Crippen molar-refractivity contribution in [1.29, 1.82) is 10.5 Å². The van der Waals surface area contributed by atoms with Crippen molar-refractivity contribution in [2.24, 2.45) is 5.92 Å². The Labute approximate surface area is 172 Å². The molecule has 5 fully saturated rings. The number of fused-ring (bicyclic) bond motifs is 2. The molecule has 0 aromatic carbocycles. The molecule has 156 valence electrons. The maximum Gasteiger partial charge on any atom is 0.237 e. The molecule has 2 N–H and O–H groups in total. The molecular formula is C21H30N6O2. The third-order valence-electron chi connectivity index (χ3n) is 7.21. The van der Waals surface area contributed by atoms with Crippen molar-refractivity contribution in [2.75, 3.05) is 26.2 Å². The Bertz CT molecular complexity index is 732. The normalized spacial score (nSPS) is 35.7. The average Bonchev–Trinajstić information content (AvgIpc) is 3.38. The third-order valence-corrected chi connectivity index (χ3v) is 7.21. The van der Waals surface area contributed by atoms with E-state index in [0.717, 1.165) is 51.4 Å². The summed E-state index contributed by atoms with van der Waals surface area (Å²) in [7, 11) is 0. The maximum atomic E-state index is 12.5. The first kappa shape index (κ1) is 20.1. The Morgan fingerprint density at radius 3 is 2.10 bits per heavy atom. The first-order chi connectivity index (χ1) is 14.0. The van der Waals surface area contributed by atoms with E-state index in [-0.39, 0.29) is 48.6 Å². The molecule has 0 aromatic rings. The number of rotatable bonds is 6. The van der Waals surface area contributed by atoms with Crippen molar-refractivity contribution in [2.45, 2.75) is 75.0 Å². The Hall–Kier alpha value is -2.16. The molecular weight excluding hydrogens is 368 g/mol. The first-order valence-corrected chi connectivity index (χ1v) is 10.9. The SMILES string of the molecule is N#C[C@@H]1CCCN1C(=O)CNC1CC2CC(NCC(=O)N3CCC[C@H]3C#N)(C2)C1. The van der Waals surface area contributed by atoms with Crippen LogP contribution in [0.2, 0.25) is 0 Å². The number of hydrogen-bond donors (Lipinski definition) is 2. The van der Waals surface area contributed by atoms with Gasteiger partial charge in [0.1, 0.15) is 12.1 Å². The van der Waals surface area contributed by atoms with Crippen LogP contribution < -0.4 is 10.6 Å². The lowest BCUT2D eigenvalue weighted by atomic mass is 9.58. The van der Waals surface area contributed by atoms with Crippen molar-refractivity contribution in [3.63, 3.8) is 0 Å². The number of amides is 2. The van der Waals surface area contributed by atoms with Gasteiger partial charge in [-0.05, 0) is 57.3 Å². The van der Waals surface area contributed by atoms with Gasteiger partial charge in [0.2, 0.25) is 11.8 Å². The molecule has 8 heteroatoms. The molecule has 3 saturated carbocycles. The van der Waals surface area contributed by atoms with Crippen molar-refractivity contribution >= 4 is 11.8 Å². The van der Waals surface area contributed by atoms with Gasteiger partial charge in [-0.2, -0.15) is 10.5 Å². The molecule has 1 unspecified atom stereocenters. The van der Waals surface area contributed by atoms with Gasteiger partial charge in [-0.1, -0.05) is 0 Å². The van der Waals surface area contributed by atoms with Gasteiger partial charge < -0.3 is 20.4 Å². The fraction of sp³-hybridized carbons (Fsp3) is 0.810. The zero-order valence-corrected chi connectivity index (χ0v) is 16.9. The van der Waals surface area contributed by atoms with Crippen LogP contribution in [0.25, 0.3) is 0 Å². The molecule has 2 bridgehead atoms. The summed E-state index contributed by atoms with van der Waals surface area (Å²) in [6, 6.07) is 4.17. The number of hydrogen-bond acceptors (Lipinski definition) is 6. The summed E-state index contributed by atoms with van der Waals surface area (Å²) in [5.74, 6) is 0.673. The Morgan fingerprint density at radius 1 is 0.931 bits per heavy atom. The summed E-state index contributed by atoms with van der Waals surface area (Å²) in [5.41, 5.74) is -0.0238. The van der Waals surface area contributed by atoms with Gasteiger partial charge in [0.05, 0.1) is 25.2 Å². The summed E-state index contributed by atoms with van der Waals surface area (Å²) >= 11 is 0. The lowest BCUT2D eigenvalue weighted by Crippen LogP contribution is -2.64. The Kier molecular flexibility index (Phi) is 5.76. The molecule has 0 radical (unpaired) electrons. The van der Waals surface area contributed by atoms with E-state index in [0.29, 0.717) is 19.0 Å². The van der Waals surface area contributed by atoms with Crippen LogP contribution in [0.3, 0.4) is 0 Å². The van der Waals surface area contributed by atoms with Gasteiger partial charge in [-0.15, -0.1) is 0 Å². The van der Waals surface area contributed by atoms with E-state index < -0.39 is 0 Å². The van der Waals surface area contributed by atoms with E-state index >= 15 is 0 Å². The van der Waals surface area contributed by atoms with Crippen LogP contribution in [0.4, 0.5) is 0 Å². The minimum absolute atomic E-state index is 0.0158. The standard InChI is InChI=1S/C21H30N6O2/c22-11-17-3-1-5-26(17)19(28)13-24-16-7-15-8-21(9-15,10-16)25-14-20(29)27-6-2-4-18(27)12-23/h15-18,24-25H,1-10,13-14H2/t15?,16?,17-,18-,21?/m0/s1. The number of likely N-dealkylation sites (tertiary alicyclic amines) is 2. The lowest BCUT2D eigenvalue weighted by Gasteiger charge is -2.56. The van der Waals surface area contributed by atoms with Crippen molar-refractivity contribution in [3.8, 4) is 12.1 Å². The molecule has 0 aromatic heterocycles. The van der Waals surface area contributed by atoms with Crippen LogP contribution in [-0.2, 0) is 9.59 Å². The first-order valence-electron chi connectivity index (χ1n) is 10.9. The number of carbonyl (C=O) groups excluding carboxylic acids is 2. The highest BCUT2D eigenvalue weighted by Gasteiger charge is 2.50. The van der Waals surface area contributed by atoms with Gasteiger partial charge in [0.15, 0.2) is 0 Å². The van der Waals surface area contributed by atoms with Gasteiger partial charge in [0.25, 0.3) is 0 Å². The van der Waals surface area contributed by atoms with Crippen molar-refractivity contribution in [1.82, 2.24) is 20.4 Å². The predicted octanol–water partition coefficient (Wildman–Crippen LogP) is 0.506. The van der Waals surface area contributed by atoms with E-state index in [1.165, 1.54) is 0 Å². The molecule has 2 heterocycles. The minimum atomic E-state index is -0.273. The predicted molar refractivity (Wildman–Crippen MR) is 105 cm³/mol. The van der Waals surface area contributed by atoms with Gasteiger partial charge >= 0.3 is 0 Å². The highest BCUT2D eigenvalue weighted by Crippen LogP contribution is 2.48. The molecule has 2 saturated heterocycles. The molecule has 8 nitrogen and oxygen atoms in total. The second-order valence-electron chi connectivity index (χ2n) is 9.17. The molecule has 2 aliphatic heterocycles. The largest absolute Gasteiger partial charge is 0.326 e. The third kappa shape index (κ3) is 4.10. The number of carbonyl (C=O) groups is 2. The monoisotopic (exact) mass is 398 g/mol.